The summed E-state index contributed by atoms with van der Waals surface area (Å²) in [6, 6.07) is -1.63. The lowest BCUT2D eigenvalue weighted by Crippen LogP contribution is -2.47. The van der Waals surface area contributed by atoms with Crippen molar-refractivity contribution in [2.75, 3.05) is 19.8 Å². The molecule has 0 saturated carbocycles. The molecule has 0 aliphatic carbocycles. The number of ether oxygens (including phenoxy) is 1. The first-order valence-electron chi connectivity index (χ1n) is 7.05. The molecule has 0 bridgehead atoms. The van der Waals surface area contributed by atoms with Gasteiger partial charge in [-0.15, -0.1) is 0 Å². The number of amides is 2. The van der Waals surface area contributed by atoms with Crippen LogP contribution >= 0.6 is 0 Å². The van der Waals surface area contributed by atoms with Crippen LogP contribution < -0.4 is 10.6 Å². The van der Waals surface area contributed by atoms with E-state index in [0.717, 1.165) is 19.4 Å². The quantitative estimate of drug-likeness (QED) is 0.515. The van der Waals surface area contributed by atoms with E-state index in [2.05, 4.69) is 10.6 Å². The van der Waals surface area contributed by atoms with Crippen molar-refractivity contribution in [1.82, 2.24) is 10.6 Å². The Morgan fingerprint density at radius 3 is 2.62 bits per heavy atom. The first-order chi connectivity index (χ1) is 9.99. The summed E-state index contributed by atoms with van der Waals surface area (Å²) in [5.41, 5.74) is 0. The maximum atomic E-state index is 11.7. The number of carbonyl (C=O) groups is 3. The topological polar surface area (TPSA) is 125 Å². The first kappa shape index (κ1) is 17.2. The molecule has 1 aliphatic heterocycles. The molecule has 8 nitrogen and oxygen atoms in total. The van der Waals surface area contributed by atoms with Crippen molar-refractivity contribution in [2.24, 2.45) is 5.92 Å². The van der Waals surface area contributed by atoms with Crippen molar-refractivity contribution in [2.45, 2.75) is 38.1 Å². The Hall–Kier alpha value is -1.83. The molecule has 120 valence electrons. The Morgan fingerprint density at radius 2 is 2.05 bits per heavy atom. The monoisotopic (exact) mass is 302 g/mol. The van der Waals surface area contributed by atoms with E-state index >= 15 is 0 Å². The van der Waals surface area contributed by atoms with Crippen molar-refractivity contribution in [1.29, 1.82) is 0 Å². The molecule has 0 aromatic rings. The zero-order valence-corrected chi connectivity index (χ0v) is 11.8. The van der Waals surface area contributed by atoms with E-state index in [1.165, 1.54) is 0 Å². The third kappa shape index (κ3) is 7.50. The van der Waals surface area contributed by atoms with Crippen molar-refractivity contribution >= 4 is 18.0 Å². The predicted molar refractivity (Wildman–Crippen MR) is 73.0 cm³/mol. The normalized spacial score (nSPS) is 19.5. The van der Waals surface area contributed by atoms with Gasteiger partial charge in [-0.1, -0.05) is 0 Å². The van der Waals surface area contributed by atoms with Gasteiger partial charge in [0.05, 0.1) is 6.61 Å². The zero-order valence-electron chi connectivity index (χ0n) is 11.8. The second kappa shape index (κ2) is 9.17. The van der Waals surface area contributed by atoms with E-state index in [4.69, 9.17) is 14.9 Å². The number of hydrogen-bond acceptors (Lipinski definition) is 4. The molecular weight excluding hydrogens is 280 g/mol. The Bertz CT molecular complexity index is 368. The first-order valence-corrected chi connectivity index (χ1v) is 7.05. The van der Waals surface area contributed by atoms with Crippen molar-refractivity contribution < 1.29 is 29.3 Å². The summed E-state index contributed by atoms with van der Waals surface area (Å²) in [7, 11) is 0. The molecule has 0 spiro atoms. The van der Waals surface area contributed by atoms with E-state index in [1.807, 2.05) is 0 Å². The summed E-state index contributed by atoms with van der Waals surface area (Å²) in [5, 5.41) is 22.5. The average Bonchev–Trinajstić information content (AvgIpc) is 2.44. The SMILES string of the molecule is O=C(O)CCC[C@@H](NC(=O)NCC1CCCOC1)C(=O)O. The Balaban J connectivity index is 2.27. The fourth-order valence-corrected chi connectivity index (χ4v) is 2.13. The molecule has 2 amide bonds. The van der Waals surface area contributed by atoms with Gasteiger partial charge in [-0.25, -0.2) is 9.59 Å². The predicted octanol–water partition coefficient (Wildman–Crippen LogP) is 0.420. The molecule has 1 unspecified atom stereocenters. The number of carbonyl (C=O) groups excluding carboxylic acids is 1. The second-order valence-corrected chi connectivity index (χ2v) is 5.11. The van der Waals surface area contributed by atoms with Gasteiger partial charge in [-0.05, 0) is 31.6 Å². The fourth-order valence-electron chi connectivity index (χ4n) is 2.13. The van der Waals surface area contributed by atoms with Crippen LogP contribution in [0.15, 0.2) is 0 Å². The summed E-state index contributed by atoms with van der Waals surface area (Å²) in [6.45, 7) is 1.78. The van der Waals surface area contributed by atoms with Crippen LogP contribution in [0.2, 0.25) is 0 Å². The minimum atomic E-state index is -1.17. The molecule has 0 radical (unpaired) electrons. The highest BCUT2D eigenvalue weighted by Crippen LogP contribution is 2.12. The molecule has 4 N–H and O–H groups in total. The summed E-state index contributed by atoms with van der Waals surface area (Å²) in [5.74, 6) is -1.91. The highest BCUT2D eigenvalue weighted by Gasteiger charge is 2.21. The Morgan fingerprint density at radius 1 is 1.29 bits per heavy atom. The van der Waals surface area contributed by atoms with Crippen LogP contribution in [0.4, 0.5) is 4.79 Å². The van der Waals surface area contributed by atoms with Crippen LogP contribution in [0, 0.1) is 5.92 Å². The van der Waals surface area contributed by atoms with E-state index in [0.29, 0.717) is 13.2 Å². The molecular formula is C13H22N2O6. The van der Waals surface area contributed by atoms with E-state index in [9.17, 15) is 14.4 Å². The van der Waals surface area contributed by atoms with Crippen molar-refractivity contribution in [3.05, 3.63) is 0 Å². The van der Waals surface area contributed by atoms with Gasteiger partial charge in [0.15, 0.2) is 0 Å². The fraction of sp³-hybridized carbons (Fsp3) is 0.769. The van der Waals surface area contributed by atoms with Crippen LogP contribution in [0.3, 0.4) is 0 Å². The largest absolute Gasteiger partial charge is 0.481 e. The highest BCUT2D eigenvalue weighted by molar-refractivity contribution is 5.82. The molecule has 1 rings (SSSR count). The number of nitrogens with one attached hydrogen (secondary N) is 2. The molecule has 1 fully saturated rings. The molecule has 21 heavy (non-hydrogen) atoms. The second-order valence-electron chi connectivity index (χ2n) is 5.11. The van der Waals surface area contributed by atoms with Gasteiger partial charge in [0.25, 0.3) is 0 Å². The number of urea groups is 1. The number of hydrogen-bond donors (Lipinski definition) is 4. The minimum absolute atomic E-state index is 0.0849. The van der Waals surface area contributed by atoms with Crippen molar-refractivity contribution in [3.63, 3.8) is 0 Å². The van der Waals surface area contributed by atoms with Crippen LogP contribution in [-0.2, 0) is 14.3 Å². The molecule has 0 aromatic carbocycles. The molecule has 1 saturated heterocycles. The van der Waals surface area contributed by atoms with Gasteiger partial charge in [-0.3, -0.25) is 4.79 Å². The number of aliphatic carboxylic acids is 2. The summed E-state index contributed by atoms with van der Waals surface area (Å²) in [6.07, 6.45) is 2.10. The van der Waals surface area contributed by atoms with Gasteiger partial charge in [0.2, 0.25) is 0 Å². The average molecular weight is 302 g/mol. The van der Waals surface area contributed by atoms with E-state index in [1.54, 1.807) is 0 Å². The number of rotatable bonds is 8. The van der Waals surface area contributed by atoms with Crippen molar-refractivity contribution in [3.8, 4) is 0 Å². The van der Waals surface area contributed by atoms with E-state index < -0.39 is 24.0 Å². The maximum Gasteiger partial charge on any atom is 0.326 e. The molecule has 1 heterocycles. The summed E-state index contributed by atoms with van der Waals surface area (Å²) in [4.78, 5) is 33.1. The van der Waals surface area contributed by atoms with Crippen LogP contribution in [0.25, 0.3) is 0 Å². The molecule has 1 aliphatic rings. The van der Waals surface area contributed by atoms with Gasteiger partial charge >= 0.3 is 18.0 Å². The van der Waals surface area contributed by atoms with Crippen LogP contribution in [0.1, 0.15) is 32.1 Å². The van der Waals surface area contributed by atoms with E-state index in [-0.39, 0.29) is 25.2 Å². The smallest absolute Gasteiger partial charge is 0.326 e. The third-order valence-corrected chi connectivity index (χ3v) is 3.29. The zero-order chi connectivity index (χ0) is 15.7. The van der Waals surface area contributed by atoms with Gasteiger partial charge in [0, 0.05) is 19.6 Å². The third-order valence-electron chi connectivity index (χ3n) is 3.29. The summed E-state index contributed by atoms with van der Waals surface area (Å²) < 4.78 is 5.29. The number of carboxylic acid groups (broad SMARTS) is 2. The molecule has 0 aromatic heterocycles. The highest BCUT2D eigenvalue weighted by atomic mass is 16.5. The standard InChI is InChI=1S/C13H22N2O6/c16-11(17)5-1-4-10(12(18)19)15-13(20)14-7-9-3-2-6-21-8-9/h9-10H,1-8H2,(H,16,17)(H,18,19)(H2,14,15,20)/t9?,10-/m1/s1. The Kier molecular flexibility index (Phi) is 7.52. The van der Waals surface area contributed by atoms with Crippen LogP contribution in [0.5, 0.6) is 0 Å². The minimum Gasteiger partial charge on any atom is -0.481 e. The lowest BCUT2D eigenvalue weighted by Gasteiger charge is -2.22. The van der Waals surface area contributed by atoms with Gasteiger partial charge in [0.1, 0.15) is 6.04 Å². The van der Waals surface area contributed by atoms with Gasteiger partial charge in [-0.2, -0.15) is 0 Å². The maximum absolute atomic E-state index is 11.7. The lowest BCUT2D eigenvalue weighted by molar-refractivity contribution is -0.140. The molecule has 8 heteroatoms. The van der Waals surface area contributed by atoms with Gasteiger partial charge < -0.3 is 25.6 Å². The lowest BCUT2D eigenvalue weighted by atomic mass is 10.0. The Labute approximate surface area is 122 Å². The summed E-state index contributed by atoms with van der Waals surface area (Å²) >= 11 is 0. The molecule has 2 atom stereocenters. The van der Waals surface area contributed by atoms with Crippen LogP contribution in [-0.4, -0.2) is 54.0 Å². The number of carboxylic acids is 2.